The lowest BCUT2D eigenvalue weighted by Crippen LogP contribution is -2.23. The van der Waals surface area contributed by atoms with Gasteiger partial charge in [-0.3, -0.25) is 4.79 Å². The van der Waals surface area contributed by atoms with Crippen molar-refractivity contribution < 1.29 is 9.90 Å². The van der Waals surface area contributed by atoms with Gasteiger partial charge in [-0.05, 0) is 26.7 Å². The topological polar surface area (TPSA) is 49.3 Å². The van der Waals surface area contributed by atoms with E-state index in [0.717, 1.165) is 6.42 Å². The molecule has 0 atom stereocenters. The molecule has 3 nitrogen and oxygen atoms in total. The van der Waals surface area contributed by atoms with Crippen LogP contribution in [0.2, 0.25) is 0 Å². The summed E-state index contributed by atoms with van der Waals surface area (Å²) >= 11 is 0. The molecule has 0 unspecified atom stereocenters. The fraction of sp³-hybridized carbons (Fsp3) is 0.700. The summed E-state index contributed by atoms with van der Waals surface area (Å²) in [6.07, 6.45) is 3.95. The van der Waals surface area contributed by atoms with Crippen LogP contribution in [0.15, 0.2) is 11.6 Å². The summed E-state index contributed by atoms with van der Waals surface area (Å²) in [5, 5.41) is 11.3. The predicted octanol–water partition coefficient (Wildman–Crippen LogP) is 1.23. The zero-order valence-corrected chi connectivity index (χ0v) is 8.47. The molecule has 0 aliphatic carbocycles. The molecule has 0 saturated heterocycles. The van der Waals surface area contributed by atoms with Crippen LogP contribution >= 0.6 is 0 Å². The molecule has 0 aliphatic rings. The molecular formula is C10H19NO2. The lowest BCUT2D eigenvalue weighted by molar-refractivity contribution is -0.121. The third-order valence-electron chi connectivity index (χ3n) is 1.62. The monoisotopic (exact) mass is 185 g/mol. The maximum Gasteiger partial charge on any atom is 0.220 e. The Bertz CT molecular complexity index is 172. The summed E-state index contributed by atoms with van der Waals surface area (Å²) in [5.74, 6) is 0.0611. The molecule has 3 heteroatoms. The van der Waals surface area contributed by atoms with E-state index >= 15 is 0 Å². The molecule has 0 aliphatic heterocycles. The highest BCUT2D eigenvalue weighted by Gasteiger charge is 1.97. The van der Waals surface area contributed by atoms with Crippen LogP contribution in [0.1, 0.15) is 33.1 Å². The van der Waals surface area contributed by atoms with E-state index in [0.29, 0.717) is 19.4 Å². The Kier molecular flexibility index (Phi) is 7.30. The average molecular weight is 185 g/mol. The molecule has 0 radical (unpaired) electrons. The van der Waals surface area contributed by atoms with Crippen LogP contribution < -0.4 is 5.32 Å². The number of amides is 1. The van der Waals surface area contributed by atoms with Gasteiger partial charge in [-0.25, -0.2) is 0 Å². The van der Waals surface area contributed by atoms with Gasteiger partial charge in [0.1, 0.15) is 0 Å². The molecular weight excluding hydrogens is 166 g/mol. The molecule has 0 fully saturated rings. The highest BCUT2D eigenvalue weighted by atomic mass is 16.2. The summed E-state index contributed by atoms with van der Waals surface area (Å²) in [7, 11) is 0. The first-order valence-corrected chi connectivity index (χ1v) is 4.67. The molecule has 0 bridgehead atoms. The summed E-state index contributed by atoms with van der Waals surface area (Å²) in [6, 6.07) is 0. The Morgan fingerprint density at radius 3 is 2.62 bits per heavy atom. The lowest BCUT2D eigenvalue weighted by Gasteiger charge is -2.01. The fourth-order valence-electron chi connectivity index (χ4n) is 0.855. The van der Waals surface area contributed by atoms with Crippen molar-refractivity contribution in [3.05, 3.63) is 11.6 Å². The lowest BCUT2D eigenvalue weighted by atomic mass is 10.2. The van der Waals surface area contributed by atoms with Crippen LogP contribution in [0.25, 0.3) is 0 Å². The highest BCUT2D eigenvalue weighted by molar-refractivity contribution is 5.75. The maximum absolute atomic E-state index is 11.1. The van der Waals surface area contributed by atoms with E-state index in [4.69, 9.17) is 5.11 Å². The zero-order chi connectivity index (χ0) is 10.1. The van der Waals surface area contributed by atoms with Crippen LogP contribution in [-0.4, -0.2) is 24.2 Å². The largest absolute Gasteiger partial charge is 0.396 e. The van der Waals surface area contributed by atoms with Crippen molar-refractivity contribution in [2.24, 2.45) is 0 Å². The number of nitrogens with one attached hydrogen (secondary N) is 1. The van der Waals surface area contributed by atoms with Crippen molar-refractivity contribution in [1.29, 1.82) is 0 Å². The van der Waals surface area contributed by atoms with E-state index in [9.17, 15) is 4.79 Å². The van der Waals surface area contributed by atoms with E-state index in [1.54, 1.807) is 0 Å². The van der Waals surface area contributed by atoms with Gasteiger partial charge in [0, 0.05) is 19.6 Å². The maximum atomic E-state index is 11.1. The first kappa shape index (κ1) is 12.2. The second kappa shape index (κ2) is 7.80. The van der Waals surface area contributed by atoms with Gasteiger partial charge in [0.15, 0.2) is 0 Å². The van der Waals surface area contributed by atoms with Gasteiger partial charge in [0.05, 0.1) is 0 Å². The molecule has 76 valence electrons. The van der Waals surface area contributed by atoms with Crippen molar-refractivity contribution >= 4 is 5.91 Å². The van der Waals surface area contributed by atoms with E-state index in [-0.39, 0.29) is 12.5 Å². The van der Waals surface area contributed by atoms with Gasteiger partial charge in [0.25, 0.3) is 0 Å². The number of aliphatic hydroxyl groups excluding tert-OH is 1. The zero-order valence-electron chi connectivity index (χ0n) is 8.47. The van der Waals surface area contributed by atoms with E-state index in [1.807, 2.05) is 19.9 Å². The molecule has 0 heterocycles. The van der Waals surface area contributed by atoms with Crippen molar-refractivity contribution in [1.82, 2.24) is 5.32 Å². The molecule has 0 saturated carbocycles. The number of hydrogen-bond donors (Lipinski definition) is 2. The highest BCUT2D eigenvalue weighted by Crippen LogP contribution is 1.93. The number of carbonyl (C=O) groups excluding carboxylic acids is 1. The van der Waals surface area contributed by atoms with E-state index < -0.39 is 0 Å². The Labute approximate surface area is 79.8 Å². The van der Waals surface area contributed by atoms with Crippen LogP contribution in [-0.2, 0) is 4.79 Å². The van der Waals surface area contributed by atoms with Crippen molar-refractivity contribution in [2.45, 2.75) is 33.1 Å². The van der Waals surface area contributed by atoms with Crippen LogP contribution in [0.5, 0.6) is 0 Å². The number of allylic oxidation sites excluding steroid dienone is 1. The molecule has 2 N–H and O–H groups in total. The number of carbonyl (C=O) groups is 1. The van der Waals surface area contributed by atoms with Crippen molar-refractivity contribution in [2.75, 3.05) is 13.2 Å². The predicted molar refractivity (Wildman–Crippen MR) is 53.4 cm³/mol. The van der Waals surface area contributed by atoms with Crippen molar-refractivity contribution in [3.8, 4) is 0 Å². The normalized spacial score (nSPS) is 9.46. The molecule has 13 heavy (non-hydrogen) atoms. The minimum Gasteiger partial charge on any atom is -0.396 e. The number of aliphatic hydroxyl groups is 1. The van der Waals surface area contributed by atoms with Gasteiger partial charge in [-0.1, -0.05) is 11.6 Å². The molecule has 1 amide bonds. The smallest absolute Gasteiger partial charge is 0.220 e. The van der Waals surface area contributed by atoms with Gasteiger partial charge >= 0.3 is 0 Å². The second-order valence-corrected chi connectivity index (χ2v) is 3.27. The average Bonchev–Trinajstić information content (AvgIpc) is 2.04. The molecule has 0 rings (SSSR count). The Balaban J connectivity index is 3.36. The quantitative estimate of drug-likeness (QED) is 0.483. The second-order valence-electron chi connectivity index (χ2n) is 3.27. The number of rotatable bonds is 6. The van der Waals surface area contributed by atoms with Gasteiger partial charge in [0.2, 0.25) is 5.91 Å². The number of unbranched alkanes of at least 4 members (excludes halogenated alkanes) is 1. The molecule has 0 aromatic heterocycles. The molecule has 0 spiro atoms. The molecule has 0 aromatic carbocycles. The third kappa shape index (κ3) is 9.08. The first-order chi connectivity index (χ1) is 6.16. The van der Waals surface area contributed by atoms with Gasteiger partial charge in [-0.15, -0.1) is 0 Å². The van der Waals surface area contributed by atoms with Crippen LogP contribution in [0.4, 0.5) is 0 Å². The summed E-state index contributed by atoms with van der Waals surface area (Å²) in [6.45, 7) is 4.78. The van der Waals surface area contributed by atoms with Gasteiger partial charge < -0.3 is 10.4 Å². The Hall–Kier alpha value is -0.830. The standard InChI is InChI=1S/C10H19NO2/c1-9(2)6-7-11-10(13)5-3-4-8-12/h6,12H,3-5,7-8H2,1-2H3,(H,11,13). The minimum absolute atomic E-state index is 0.0611. The Morgan fingerprint density at radius 2 is 2.08 bits per heavy atom. The van der Waals surface area contributed by atoms with Crippen molar-refractivity contribution in [3.63, 3.8) is 0 Å². The van der Waals surface area contributed by atoms with Crippen LogP contribution in [0.3, 0.4) is 0 Å². The fourth-order valence-corrected chi connectivity index (χ4v) is 0.855. The summed E-state index contributed by atoms with van der Waals surface area (Å²) in [5.41, 5.74) is 1.20. The van der Waals surface area contributed by atoms with E-state index in [2.05, 4.69) is 5.32 Å². The summed E-state index contributed by atoms with van der Waals surface area (Å²) in [4.78, 5) is 11.1. The number of hydrogen-bond acceptors (Lipinski definition) is 2. The third-order valence-corrected chi connectivity index (χ3v) is 1.62. The Morgan fingerprint density at radius 1 is 1.38 bits per heavy atom. The van der Waals surface area contributed by atoms with Crippen LogP contribution in [0, 0.1) is 0 Å². The minimum atomic E-state index is 0.0611. The van der Waals surface area contributed by atoms with Gasteiger partial charge in [-0.2, -0.15) is 0 Å². The summed E-state index contributed by atoms with van der Waals surface area (Å²) < 4.78 is 0. The van der Waals surface area contributed by atoms with E-state index in [1.165, 1.54) is 5.57 Å². The molecule has 0 aromatic rings. The SMILES string of the molecule is CC(C)=CCNC(=O)CCCCO. The first-order valence-electron chi connectivity index (χ1n) is 4.67.